The third-order valence-corrected chi connectivity index (χ3v) is 16.5. The maximum Gasteiger partial charge on any atom is 0.289 e. The van der Waals surface area contributed by atoms with Crippen molar-refractivity contribution in [3.8, 4) is 0 Å². The van der Waals surface area contributed by atoms with Gasteiger partial charge >= 0.3 is 0 Å². The van der Waals surface area contributed by atoms with E-state index in [-0.39, 0.29) is 65.6 Å². The Labute approximate surface area is 466 Å². The summed E-state index contributed by atoms with van der Waals surface area (Å²) >= 11 is 0. The van der Waals surface area contributed by atoms with Crippen molar-refractivity contribution in [3.63, 3.8) is 0 Å². The van der Waals surface area contributed by atoms with Gasteiger partial charge in [0.1, 0.15) is 35.6 Å². The van der Waals surface area contributed by atoms with Crippen molar-refractivity contribution < 1.29 is 52.7 Å². The van der Waals surface area contributed by atoms with Crippen LogP contribution < -0.4 is 37.2 Å². The predicted octanol–water partition coefficient (Wildman–Crippen LogP) is 2.40. The van der Waals surface area contributed by atoms with E-state index >= 15 is 0 Å². The normalized spacial score (nSPS) is 22.2. The molecular formula is C57H78N12O11. The van der Waals surface area contributed by atoms with Gasteiger partial charge in [0.2, 0.25) is 35.3 Å². The number of ketones is 1. The summed E-state index contributed by atoms with van der Waals surface area (Å²) in [6.07, 6.45) is 12.6. The number of imide groups is 2. The lowest BCUT2D eigenvalue weighted by Crippen LogP contribution is -2.62. The van der Waals surface area contributed by atoms with E-state index in [1.54, 1.807) is 23.1 Å². The molecule has 1 unspecified atom stereocenters. The fourth-order valence-corrected chi connectivity index (χ4v) is 12.0. The van der Waals surface area contributed by atoms with Gasteiger partial charge in [-0.25, -0.2) is 9.97 Å². The Morgan fingerprint density at radius 2 is 1.50 bits per heavy atom. The lowest BCUT2D eigenvalue weighted by Gasteiger charge is -2.38. The molecular weight excluding hydrogens is 1030 g/mol. The molecule has 80 heavy (non-hydrogen) atoms. The molecule has 6 aliphatic rings. The van der Waals surface area contributed by atoms with Gasteiger partial charge in [-0.1, -0.05) is 65.9 Å². The summed E-state index contributed by atoms with van der Waals surface area (Å²) < 4.78 is 0. The number of piperidine rings is 1. The van der Waals surface area contributed by atoms with Crippen LogP contribution in [0.1, 0.15) is 172 Å². The van der Waals surface area contributed by atoms with Crippen molar-refractivity contribution in [1.82, 2.24) is 56.6 Å². The van der Waals surface area contributed by atoms with Gasteiger partial charge < -0.3 is 41.7 Å². The third kappa shape index (κ3) is 13.9. The number of carbonyl (C=O) groups excluding carboxylic acids is 11. The average molecular weight is 1110 g/mol. The number of rotatable bonds is 24. The number of likely N-dealkylation sites (tertiary alicyclic amines) is 1. The largest absolute Gasteiger partial charge is 0.384 e. The molecule has 3 aliphatic heterocycles. The van der Waals surface area contributed by atoms with Gasteiger partial charge in [0, 0.05) is 37.8 Å². The monoisotopic (exact) mass is 1110 g/mol. The van der Waals surface area contributed by atoms with E-state index in [0.29, 0.717) is 76.9 Å². The second-order valence-electron chi connectivity index (χ2n) is 23.6. The minimum atomic E-state index is -1.10. The van der Waals surface area contributed by atoms with Crippen LogP contribution in [0, 0.1) is 23.2 Å². The number of nitrogens with zero attached hydrogens (tertiary/aromatic N) is 5. The molecule has 5 fully saturated rings. The van der Waals surface area contributed by atoms with Crippen LogP contribution in [-0.2, 0) is 33.6 Å². The lowest BCUT2D eigenvalue weighted by molar-refractivity contribution is -0.146. The summed E-state index contributed by atoms with van der Waals surface area (Å²) in [4.78, 5) is 161. The van der Waals surface area contributed by atoms with Crippen molar-refractivity contribution in [1.29, 1.82) is 0 Å². The first-order valence-corrected chi connectivity index (χ1v) is 28.7. The van der Waals surface area contributed by atoms with Crippen molar-refractivity contribution in [2.45, 2.75) is 167 Å². The number of aromatic nitrogens is 2. The molecule has 0 radical (unpaired) electrons. The van der Waals surface area contributed by atoms with Gasteiger partial charge in [-0.05, 0) is 120 Å². The van der Waals surface area contributed by atoms with Crippen molar-refractivity contribution >= 4 is 70.5 Å². The van der Waals surface area contributed by atoms with Crippen LogP contribution in [0.5, 0.6) is 0 Å². The molecule has 23 nitrogen and oxygen atoms in total. The lowest BCUT2D eigenvalue weighted by atomic mass is 9.82. The Kier molecular flexibility index (Phi) is 19.1. The number of benzene rings is 1. The number of hydrogen-bond acceptors (Lipinski definition) is 15. The molecule has 1 aromatic heterocycles. The molecule has 10 amide bonds. The van der Waals surface area contributed by atoms with E-state index in [4.69, 9.17) is 0 Å². The van der Waals surface area contributed by atoms with E-state index < -0.39 is 100 Å². The van der Waals surface area contributed by atoms with Gasteiger partial charge in [0.05, 0.1) is 29.6 Å². The van der Waals surface area contributed by atoms with Crippen LogP contribution >= 0.6 is 0 Å². The Bertz CT molecular complexity index is 2720. The minimum Gasteiger partial charge on any atom is -0.384 e. The average Bonchev–Trinajstić information content (AvgIpc) is 3.91. The van der Waals surface area contributed by atoms with Crippen LogP contribution in [-0.4, -0.2) is 166 Å². The zero-order valence-corrected chi connectivity index (χ0v) is 46.7. The molecule has 8 rings (SSSR count). The number of Topliss-reactive ketones (excluding diaryl/α,β-unsaturated/α-hetero) is 1. The van der Waals surface area contributed by atoms with E-state index in [1.165, 1.54) is 12.4 Å². The standard InChI is InChI=1S/C57H78N12O11/c1-6-14-38(46(71)53(77)62-34-21-22-34)63-52(76)45-35-18-10-17-33(35)31-68(45)56(80)47(57(2,3)4)66-51(75)44(32-15-8-7-9-16-32)65-49(73)40-30-60-39(29-61-40)48(72)59-26-13-28-67(5)27-12-25-58-37-20-11-19-36-43(37)55(79)69(54(36)78)41-23-24-42(70)64-50(41)74/h11,19-20,29-30,32-35,38,41,44-45,47,58H,6-10,12-18,21-28,31H2,1-5H3,(H,59,72)(H,62,77)(H,63,76)(H,65,73)(H,66,75)(H,64,70,74)/t33-,35-,38-,41?,44-,45-,47+/m0/s1. The molecule has 7 N–H and O–H groups in total. The van der Waals surface area contributed by atoms with Crippen LogP contribution in [0.2, 0.25) is 0 Å². The minimum absolute atomic E-state index is 0.00788. The fraction of sp³-hybridized carbons (Fsp3) is 0.632. The highest BCUT2D eigenvalue weighted by molar-refractivity contribution is 6.38. The molecule has 2 saturated heterocycles. The number of anilines is 1. The van der Waals surface area contributed by atoms with Gasteiger partial charge in [-0.3, -0.25) is 63.0 Å². The molecule has 0 bridgehead atoms. The molecule has 4 heterocycles. The Hall–Kier alpha value is -7.17. The van der Waals surface area contributed by atoms with Crippen molar-refractivity contribution in [2.24, 2.45) is 23.2 Å². The third-order valence-electron chi connectivity index (χ3n) is 16.5. The summed E-state index contributed by atoms with van der Waals surface area (Å²) in [7, 11) is 1.94. The highest BCUT2D eigenvalue weighted by atomic mass is 16.2. The highest BCUT2D eigenvalue weighted by Gasteiger charge is 2.53. The second kappa shape index (κ2) is 26.0. The topological polar surface area (TPSA) is 307 Å². The van der Waals surface area contributed by atoms with Gasteiger partial charge in [-0.15, -0.1) is 0 Å². The van der Waals surface area contributed by atoms with Gasteiger partial charge in [0.15, 0.2) is 0 Å². The van der Waals surface area contributed by atoms with Crippen LogP contribution in [0.3, 0.4) is 0 Å². The first kappa shape index (κ1) is 59.0. The molecule has 3 aliphatic carbocycles. The number of fused-ring (bicyclic) bond motifs is 2. The molecule has 23 heteroatoms. The second-order valence-corrected chi connectivity index (χ2v) is 23.6. The van der Waals surface area contributed by atoms with E-state index in [2.05, 4.69) is 52.1 Å². The predicted molar refractivity (Wildman–Crippen MR) is 291 cm³/mol. The van der Waals surface area contributed by atoms with Crippen LogP contribution in [0.15, 0.2) is 30.6 Å². The Morgan fingerprint density at radius 3 is 2.16 bits per heavy atom. The summed E-state index contributed by atoms with van der Waals surface area (Å²) in [6, 6.07) is -0.241. The van der Waals surface area contributed by atoms with E-state index in [0.717, 1.165) is 49.8 Å². The molecule has 7 atom stereocenters. The summed E-state index contributed by atoms with van der Waals surface area (Å²) in [5, 5.41) is 19.8. The fourth-order valence-electron chi connectivity index (χ4n) is 12.0. The molecule has 3 saturated carbocycles. The van der Waals surface area contributed by atoms with Gasteiger partial charge in [-0.2, -0.15) is 0 Å². The van der Waals surface area contributed by atoms with Crippen LogP contribution in [0.25, 0.3) is 0 Å². The Balaban J connectivity index is 0.817. The summed E-state index contributed by atoms with van der Waals surface area (Å²) in [5.41, 5.74) is -0.0730. The van der Waals surface area contributed by atoms with E-state index in [9.17, 15) is 52.7 Å². The maximum absolute atomic E-state index is 14.9. The smallest absolute Gasteiger partial charge is 0.289 e. The first-order chi connectivity index (χ1) is 38.2. The molecule has 1 aromatic carbocycles. The Morgan fingerprint density at radius 1 is 0.800 bits per heavy atom. The zero-order valence-electron chi connectivity index (χ0n) is 46.7. The molecule has 432 valence electrons. The number of amides is 10. The number of carbonyl (C=O) groups is 11. The molecule has 2 aromatic rings. The first-order valence-electron chi connectivity index (χ1n) is 28.7. The van der Waals surface area contributed by atoms with Gasteiger partial charge in [0.25, 0.3) is 29.5 Å². The zero-order chi connectivity index (χ0) is 57.4. The SMILES string of the molecule is CCC[C@H](NC(=O)[C@@H]1[C@H]2CCC[C@H]2CN1C(=O)[C@@H](NC(=O)[C@@H](NC(=O)c1cnc(C(=O)NCCCN(C)CCCNc2cccc3c2C(=O)N(C2CCC(=O)NC2=O)C3=O)cn1)C1CCCCC1)C(C)(C)C)C(=O)C(=O)NC1CC1. The summed E-state index contributed by atoms with van der Waals surface area (Å²) in [6.45, 7) is 9.78. The van der Waals surface area contributed by atoms with Crippen LogP contribution in [0.4, 0.5) is 5.69 Å². The molecule has 0 spiro atoms. The summed E-state index contributed by atoms with van der Waals surface area (Å²) in [5.74, 6) is -6.67. The highest BCUT2D eigenvalue weighted by Crippen LogP contribution is 2.43. The number of hydrogen-bond donors (Lipinski definition) is 7. The van der Waals surface area contributed by atoms with Crippen molar-refractivity contribution in [3.05, 3.63) is 53.1 Å². The quantitative estimate of drug-likeness (QED) is 0.0451. The number of nitrogens with one attached hydrogen (secondary N) is 7. The van der Waals surface area contributed by atoms with Crippen molar-refractivity contribution in [2.75, 3.05) is 45.1 Å². The maximum atomic E-state index is 14.9. The van der Waals surface area contributed by atoms with E-state index in [1.807, 2.05) is 34.7 Å².